The highest BCUT2D eigenvalue weighted by atomic mass is 16.5. The van der Waals surface area contributed by atoms with Gasteiger partial charge in [-0.2, -0.15) is 0 Å². The predicted octanol–water partition coefficient (Wildman–Crippen LogP) is 2.60. The van der Waals surface area contributed by atoms with Crippen molar-refractivity contribution < 1.29 is 9.47 Å². The maximum atomic E-state index is 5.94. The van der Waals surface area contributed by atoms with E-state index in [-0.39, 0.29) is 0 Å². The summed E-state index contributed by atoms with van der Waals surface area (Å²) in [4.78, 5) is 4.59. The van der Waals surface area contributed by atoms with Gasteiger partial charge in [-0.3, -0.25) is 0 Å². The van der Waals surface area contributed by atoms with Crippen LogP contribution < -0.4 is 15.2 Å². The SMILES string of the molecule is COc1ccc(-c2cn3cccc(OC)c3n2)cc1N. The first kappa shape index (κ1) is 12.3. The summed E-state index contributed by atoms with van der Waals surface area (Å²) in [6, 6.07) is 9.43. The van der Waals surface area contributed by atoms with Gasteiger partial charge in [0.25, 0.3) is 0 Å². The van der Waals surface area contributed by atoms with E-state index in [0.717, 1.165) is 22.7 Å². The number of pyridine rings is 1. The van der Waals surface area contributed by atoms with Crippen molar-refractivity contribution in [3.05, 3.63) is 42.7 Å². The lowest BCUT2D eigenvalue weighted by Crippen LogP contribution is -1.92. The average Bonchev–Trinajstić information content (AvgIpc) is 2.91. The Morgan fingerprint density at radius 1 is 1.10 bits per heavy atom. The molecule has 0 spiro atoms. The Morgan fingerprint density at radius 2 is 1.90 bits per heavy atom. The molecule has 5 nitrogen and oxygen atoms in total. The van der Waals surface area contributed by atoms with Gasteiger partial charge in [-0.05, 0) is 30.3 Å². The molecular formula is C15H15N3O2. The second-order valence-corrected chi connectivity index (χ2v) is 4.39. The highest BCUT2D eigenvalue weighted by Gasteiger charge is 2.09. The van der Waals surface area contributed by atoms with Crippen molar-refractivity contribution in [3.63, 3.8) is 0 Å². The largest absolute Gasteiger partial charge is 0.495 e. The number of anilines is 1. The zero-order valence-corrected chi connectivity index (χ0v) is 11.3. The molecule has 2 N–H and O–H groups in total. The minimum absolute atomic E-state index is 0.592. The molecule has 0 radical (unpaired) electrons. The summed E-state index contributed by atoms with van der Waals surface area (Å²) in [5, 5.41) is 0. The minimum Gasteiger partial charge on any atom is -0.495 e. The van der Waals surface area contributed by atoms with E-state index in [0.29, 0.717) is 11.4 Å². The van der Waals surface area contributed by atoms with Crippen LogP contribution in [0.4, 0.5) is 5.69 Å². The summed E-state index contributed by atoms with van der Waals surface area (Å²) >= 11 is 0. The van der Waals surface area contributed by atoms with Gasteiger partial charge >= 0.3 is 0 Å². The number of hydrogen-bond donors (Lipinski definition) is 1. The molecule has 2 aromatic heterocycles. The quantitative estimate of drug-likeness (QED) is 0.742. The fourth-order valence-corrected chi connectivity index (χ4v) is 2.18. The monoisotopic (exact) mass is 269 g/mol. The van der Waals surface area contributed by atoms with Crippen molar-refractivity contribution in [1.29, 1.82) is 0 Å². The number of nitrogens with two attached hydrogens (primary N) is 1. The lowest BCUT2D eigenvalue weighted by molar-refractivity contribution is 0.417. The first-order chi connectivity index (χ1) is 9.72. The van der Waals surface area contributed by atoms with Crippen LogP contribution in [0.2, 0.25) is 0 Å². The summed E-state index contributed by atoms with van der Waals surface area (Å²) < 4.78 is 12.4. The van der Waals surface area contributed by atoms with Crippen LogP contribution in [-0.4, -0.2) is 23.6 Å². The van der Waals surface area contributed by atoms with E-state index in [1.54, 1.807) is 14.2 Å². The zero-order chi connectivity index (χ0) is 14.1. The van der Waals surface area contributed by atoms with Crippen molar-refractivity contribution >= 4 is 11.3 Å². The molecule has 0 amide bonds. The van der Waals surface area contributed by atoms with Crippen LogP contribution in [0.25, 0.3) is 16.9 Å². The zero-order valence-electron chi connectivity index (χ0n) is 11.3. The number of imidazole rings is 1. The van der Waals surface area contributed by atoms with E-state index in [1.807, 2.05) is 47.1 Å². The standard InChI is InChI=1S/C15H15N3O2/c1-19-13-6-5-10(8-11(13)16)12-9-18-7-3-4-14(20-2)15(18)17-12/h3-9H,16H2,1-2H3. The average molecular weight is 269 g/mol. The lowest BCUT2D eigenvalue weighted by Gasteiger charge is -2.05. The van der Waals surface area contributed by atoms with Gasteiger partial charge in [0.15, 0.2) is 11.4 Å². The Kier molecular flexibility index (Phi) is 2.95. The number of hydrogen-bond acceptors (Lipinski definition) is 4. The van der Waals surface area contributed by atoms with Crippen molar-refractivity contribution in [1.82, 2.24) is 9.38 Å². The van der Waals surface area contributed by atoms with E-state index in [4.69, 9.17) is 15.2 Å². The van der Waals surface area contributed by atoms with Gasteiger partial charge < -0.3 is 19.6 Å². The molecule has 0 unspecified atom stereocenters. The van der Waals surface area contributed by atoms with E-state index >= 15 is 0 Å². The van der Waals surface area contributed by atoms with Crippen LogP contribution >= 0.6 is 0 Å². The van der Waals surface area contributed by atoms with Gasteiger partial charge in [-0.25, -0.2) is 4.98 Å². The molecule has 0 aliphatic rings. The van der Waals surface area contributed by atoms with Crippen LogP contribution in [-0.2, 0) is 0 Å². The molecule has 0 saturated heterocycles. The third-order valence-corrected chi connectivity index (χ3v) is 3.19. The van der Waals surface area contributed by atoms with Crippen molar-refractivity contribution in [2.75, 3.05) is 20.0 Å². The second-order valence-electron chi connectivity index (χ2n) is 4.39. The van der Waals surface area contributed by atoms with E-state index < -0.39 is 0 Å². The number of fused-ring (bicyclic) bond motifs is 1. The van der Waals surface area contributed by atoms with Gasteiger partial charge in [-0.15, -0.1) is 0 Å². The lowest BCUT2D eigenvalue weighted by atomic mass is 10.1. The van der Waals surface area contributed by atoms with E-state index in [2.05, 4.69) is 4.98 Å². The summed E-state index contributed by atoms with van der Waals surface area (Å²) in [6.45, 7) is 0. The fraction of sp³-hybridized carbons (Fsp3) is 0.133. The van der Waals surface area contributed by atoms with Crippen LogP contribution in [0.5, 0.6) is 11.5 Å². The molecule has 0 aliphatic carbocycles. The molecule has 102 valence electrons. The first-order valence-corrected chi connectivity index (χ1v) is 6.18. The third-order valence-electron chi connectivity index (χ3n) is 3.19. The molecule has 5 heteroatoms. The highest BCUT2D eigenvalue weighted by molar-refractivity contribution is 5.71. The van der Waals surface area contributed by atoms with E-state index in [9.17, 15) is 0 Å². The number of methoxy groups -OCH3 is 2. The summed E-state index contributed by atoms with van der Waals surface area (Å²) in [6.07, 6.45) is 3.88. The second kappa shape index (κ2) is 4.77. The summed E-state index contributed by atoms with van der Waals surface area (Å²) in [7, 11) is 3.23. The summed E-state index contributed by atoms with van der Waals surface area (Å²) in [5.41, 5.74) is 9.08. The van der Waals surface area contributed by atoms with Crippen LogP contribution in [0.15, 0.2) is 42.7 Å². The molecular weight excluding hydrogens is 254 g/mol. The Morgan fingerprint density at radius 3 is 2.60 bits per heavy atom. The molecule has 2 heterocycles. The van der Waals surface area contributed by atoms with Gasteiger partial charge in [-0.1, -0.05) is 0 Å². The maximum absolute atomic E-state index is 5.94. The van der Waals surface area contributed by atoms with Crippen LogP contribution in [0, 0.1) is 0 Å². The van der Waals surface area contributed by atoms with Crippen LogP contribution in [0.1, 0.15) is 0 Å². The van der Waals surface area contributed by atoms with Crippen molar-refractivity contribution in [2.45, 2.75) is 0 Å². The van der Waals surface area contributed by atoms with Gasteiger partial charge in [0.2, 0.25) is 0 Å². The predicted molar refractivity (Wildman–Crippen MR) is 78.1 cm³/mol. The smallest absolute Gasteiger partial charge is 0.180 e. The number of aromatic nitrogens is 2. The van der Waals surface area contributed by atoms with Crippen molar-refractivity contribution in [3.8, 4) is 22.8 Å². The third kappa shape index (κ3) is 1.93. The topological polar surface area (TPSA) is 61.8 Å². The molecule has 0 aliphatic heterocycles. The fourth-order valence-electron chi connectivity index (χ4n) is 2.18. The Labute approximate surface area is 116 Å². The van der Waals surface area contributed by atoms with Gasteiger partial charge in [0.05, 0.1) is 25.6 Å². The maximum Gasteiger partial charge on any atom is 0.180 e. The number of ether oxygens (including phenoxy) is 2. The van der Waals surface area contributed by atoms with E-state index in [1.165, 1.54) is 0 Å². The molecule has 0 bridgehead atoms. The molecule has 0 atom stereocenters. The number of rotatable bonds is 3. The minimum atomic E-state index is 0.592. The number of nitrogen functional groups attached to an aromatic ring is 1. The molecule has 3 rings (SSSR count). The highest BCUT2D eigenvalue weighted by Crippen LogP contribution is 2.29. The molecule has 1 aromatic carbocycles. The van der Waals surface area contributed by atoms with Gasteiger partial charge in [0.1, 0.15) is 5.75 Å². The normalized spacial score (nSPS) is 10.7. The summed E-state index contributed by atoms with van der Waals surface area (Å²) in [5.74, 6) is 1.40. The molecule has 20 heavy (non-hydrogen) atoms. The van der Waals surface area contributed by atoms with Gasteiger partial charge in [0, 0.05) is 18.0 Å². The molecule has 0 fully saturated rings. The molecule has 0 saturated carbocycles. The Balaban J connectivity index is 2.12. The first-order valence-electron chi connectivity index (χ1n) is 6.18. The Bertz CT molecular complexity index is 765. The number of benzene rings is 1. The number of nitrogens with zero attached hydrogens (tertiary/aromatic N) is 2. The molecule has 3 aromatic rings. The Hall–Kier alpha value is -2.69. The van der Waals surface area contributed by atoms with Crippen LogP contribution in [0.3, 0.4) is 0 Å². The van der Waals surface area contributed by atoms with Crippen molar-refractivity contribution in [2.24, 2.45) is 0 Å².